The average molecular weight is 320 g/mol. The van der Waals surface area contributed by atoms with Crippen LogP contribution in [0, 0.1) is 0 Å². The van der Waals surface area contributed by atoms with Gasteiger partial charge in [-0.1, -0.05) is 32.1 Å². The molecule has 112 valence electrons. The summed E-state index contributed by atoms with van der Waals surface area (Å²) in [6, 6.07) is 2.75. The Bertz CT molecular complexity index is 621. The number of aromatic nitrogens is 1. The van der Waals surface area contributed by atoms with Gasteiger partial charge in [0.25, 0.3) is 0 Å². The maximum atomic E-state index is 11.4. The predicted octanol–water partition coefficient (Wildman–Crippen LogP) is 4.48. The smallest absolute Gasteiger partial charge is 0.186 e. The molecule has 1 aliphatic carbocycles. The lowest BCUT2D eigenvalue weighted by molar-refractivity contribution is 0.112. The van der Waals surface area contributed by atoms with E-state index >= 15 is 0 Å². The summed E-state index contributed by atoms with van der Waals surface area (Å²) in [7, 11) is 0. The van der Waals surface area contributed by atoms with Crippen molar-refractivity contribution in [3.63, 3.8) is 0 Å². The van der Waals surface area contributed by atoms with Crippen LogP contribution < -0.4 is 4.90 Å². The molecule has 3 nitrogen and oxygen atoms in total. The van der Waals surface area contributed by atoms with Crippen molar-refractivity contribution in [1.29, 1.82) is 0 Å². The normalized spacial score (nSPS) is 15.2. The molecule has 2 aromatic heterocycles. The van der Waals surface area contributed by atoms with Gasteiger partial charge in [-0.25, -0.2) is 4.98 Å². The first-order valence-corrected chi connectivity index (χ1v) is 8.99. The van der Waals surface area contributed by atoms with Gasteiger partial charge in [-0.05, 0) is 35.2 Å². The number of aldehydes is 1. The largest absolute Gasteiger partial charge is 0.341 e. The second kappa shape index (κ2) is 5.54. The molecule has 0 amide bonds. The third kappa shape index (κ3) is 3.19. The summed E-state index contributed by atoms with van der Waals surface area (Å²) in [5.74, 6) is 0. The Kier molecular flexibility index (Phi) is 3.88. The quantitative estimate of drug-likeness (QED) is 0.761. The van der Waals surface area contributed by atoms with Crippen molar-refractivity contribution in [1.82, 2.24) is 4.98 Å². The van der Waals surface area contributed by atoms with E-state index < -0.39 is 0 Å². The Hall–Kier alpha value is -1.20. The fourth-order valence-electron chi connectivity index (χ4n) is 2.38. The van der Waals surface area contributed by atoms with Crippen LogP contribution in [0.1, 0.15) is 54.5 Å². The van der Waals surface area contributed by atoms with Gasteiger partial charge in [0.1, 0.15) is 0 Å². The number of hydrogen-bond donors (Lipinski definition) is 0. The van der Waals surface area contributed by atoms with Gasteiger partial charge in [0.2, 0.25) is 0 Å². The molecule has 0 N–H and O–H groups in total. The monoisotopic (exact) mass is 320 g/mol. The Morgan fingerprint density at radius 2 is 2.19 bits per heavy atom. The Morgan fingerprint density at radius 1 is 1.43 bits per heavy atom. The molecule has 2 aromatic rings. The number of hydrogen-bond acceptors (Lipinski definition) is 5. The van der Waals surface area contributed by atoms with Gasteiger partial charge >= 0.3 is 0 Å². The standard InChI is InChI=1S/C16H20N2OS2/c1-16(2,3)14-13(9-19)21-15(17-14)18(12-4-5-12)8-11-6-7-20-10-11/h6-7,9-10,12H,4-5,8H2,1-3H3. The van der Waals surface area contributed by atoms with Crippen LogP contribution in [0.15, 0.2) is 16.8 Å². The summed E-state index contributed by atoms with van der Waals surface area (Å²) in [6.45, 7) is 7.22. The molecule has 2 heterocycles. The van der Waals surface area contributed by atoms with Crippen molar-refractivity contribution in [3.05, 3.63) is 33.0 Å². The van der Waals surface area contributed by atoms with Crippen LogP contribution in [-0.2, 0) is 12.0 Å². The van der Waals surface area contributed by atoms with Gasteiger partial charge in [-0.2, -0.15) is 11.3 Å². The van der Waals surface area contributed by atoms with E-state index in [1.807, 2.05) is 0 Å². The van der Waals surface area contributed by atoms with E-state index in [-0.39, 0.29) is 5.41 Å². The van der Waals surface area contributed by atoms with Crippen LogP contribution in [0.3, 0.4) is 0 Å². The van der Waals surface area contributed by atoms with Gasteiger partial charge in [-0.15, -0.1) is 0 Å². The first-order chi connectivity index (χ1) is 9.99. The molecule has 0 atom stereocenters. The van der Waals surface area contributed by atoms with Crippen molar-refractivity contribution >= 4 is 34.1 Å². The molecule has 0 spiro atoms. The summed E-state index contributed by atoms with van der Waals surface area (Å²) in [5, 5.41) is 5.30. The molecule has 0 radical (unpaired) electrons. The van der Waals surface area contributed by atoms with Crippen molar-refractivity contribution in [2.45, 2.75) is 51.6 Å². The molecule has 1 fully saturated rings. The maximum absolute atomic E-state index is 11.4. The molecule has 1 aliphatic rings. The predicted molar refractivity (Wildman–Crippen MR) is 89.7 cm³/mol. The first kappa shape index (κ1) is 14.7. The molecule has 21 heavy (non-hydrogen) atoms. The van der Waals surface area contributed by atoms with Crippen molar-refractivity contribution in [2.24, 2.45) is 0 Å². The minimum atomic E-state index is -0.0946. The van der Waals surface area contributed by atoms with Crippen LogP contribution >= 0.6 is 22.7 Å². The maximum Gasteiger partial charge on any atom is 0.186 e. The third-order valence-electron chi connectivity index (χ3n) is 3.63. The lowest BCUT2D eigenvalue weighted by Gasteiger charge is -2.21. The molecule has 0 unspecified atom stereocenters. The Balaban J connectivity index is 1.93. The van der Waals surface area contributed by atoms with Crippen LogP contribution in [0.25, 0.3) is 0 Å². The van der Waals surface area contributed by atoms with E-state index in [2.05, 4.69) is 42.5 Å². The van der Waals surface area contributed by atoms with Gasteiger partial charge in [0.05, 0.1) is 10.6 Å². The summed E-state index contributed by atoms with van der Waals surface area (Å²) < 4.78 is 0. The molecule has 0 aromatic carbocycles. The molecular weight excluding hydrogens is 300 g/mol. The summed E-state index contributed by atoms with van der Waals surface area (Å²) >= 11 is 3.26. The second-order valence-corrected chi connectivity index (χ2v) is 8.36. The van der Waals surface area contributed by atoms with Crippen LogP contribution in [0.2, 0.25) is 0 Å². The minimum absolute atomic E-state index is 0.0946. The van der Waals surface area contributed by atoms with E-state index in [1.54, 1.807) is 11.3 Å². The van der Waals surface area contributed by atoms with Gasteiger partial charge in [0, 0.05) is 18.0 Å². The zero-order valence-electron chi connectivity index (χ0n) is 12.6. The fraction of sp³-hybridized carbons (Fsp3) is 0.500. The van der Waals surface area contributed by atoms with Gasteiger partial charge in [0.15, 0.2) is 11.4 Å². The summed E-state index contributed by atoms with van der Waals surface area (Å²) in [6.07, 6.45) is 3.41. The number of carbonyl (C=O) groups is 1. The third-order valence-corrected chi connectivity index (χ3v) is 5.38. The molecule has 0 bridgehead atoms. The van der Waals surface area contributed by atoms with Gasteiger partial charge in [-0.3, -0.25) is 4.79 Å². The summed E-state index contributed by atoms with van der Waals surface area (Å²) in [4.78, 5) is 19.3. The highest BCUT2D eigenvalue weighted by atomic mass is 32.1. The number of rotatable bonds is 5. The van der Waals surface area contributed by atoms with Crippen molar-refractivity contribution < 1.29 is 4.79 Å². The summed E-state index contributed by atoms with van der Waals surface area (Å²) in [5.41, 5.74) is 2.16. The lowest BCUT2D eigenvalue weighted by Crippen LogP contribution is -2.25. The number of anilines is 1. The highest BCUT2D eigenvalue weighted by molar-refractivity contribution is 7.17. The van der Waals surface area contributed by atoms with E-state index in [0.29, 0.717) is 6.04 Å². The SMILES string of the molecule is CC(C)(C)c1nc(N(Cc2ccsc2)C2CC2)sc1C=O. The molecule has 0 saturated heterocycles. The number of thiophene rings is 1. The number of nitrogens with zero attached hydrogens (tertiary/aromatic N) is 2. The highest BCUT2D eigenvalue weighted by Gasteiger charge is 2.33. The molecule has 0 aliphatic heterocycles. The van der Waals surface area contributed by atoms with E-state index in [4.69, 9.17) is 4.98 Å². The van der Waals surface area contributed by atoms with Crippen molar-refractivity contribution in [3.8, 4) is 0 Å². The molecule has 3 rings (SSSR count). The lowest BCUT2D eigenvalue weighted by atomic mass is 9.91. The minimum Gasteiger partial charge on any atom is -0.341 e. The average Bonchev–Trinajstić information content (AvgIpc) is 2.97. The first-order valence-electron chi connectivity index (χ1n) is 7.23. The van der Waals surface area contributed by atoms with E-state index in [0.717, 1.165) is 28.5 Å². The van der Waals surface area contributed by atoms with Crippen LogP contribution in [0.4, 0.5) is 5.13 Å². The highest BCUT2D eigenvalue weighted by Crippen LogP contribution is 2.38. The van der Waals surface area contributed by atoms with Crippen LogP contribution in [-0.4, -0.2) is 17.3 Å². The second-order valence-electron chi connectivity index (χ2n) is 6.57. The van der Waals surface area contributed by atoms with Crippen molar-refractivity contribution in [2.75, 3.05) is 4.90 Å². The van der Waals surface area contributed by atoms with Crippen LogP contribution in [0.5, 0.6) is 0 Å². The molecule has 1 saturated carbocycles. The van der Waals surface area contributed by atoms with E-state index in [1.165, 1.54) is 29.7 Å². The fourth-order valence-corrected chi connectivity index (χ4v) is 4.20. The zero-order valence-corrected chi connectivity index (χ0v) is 14.3. The van der Waals surface area contributed by atoms with Gasteiger partial charge < -0.3 is 4.90 Å². The number of carbonyl (C=O) groups excluding carboxylic acids is 1. The zero-order chi connectivity index (χ0) is 15.0. The Labute approximate surface area is 133 Å². The van der Waals surface area contributed by atoms with E-state index in [9.17, 15) is 4.79 Å². The Morgan fingerprint density at radius 3 is 2.67 bits per heavy atom. The number of thiazole rings is 1. The molecule has 5 heteroatoms. The molecular formula is C16H20N2OS2. The topological polar surface area (TPSA) is 33.2 Å².